The maximum atomic E-state index is 13.3. The monoisotopic (exact) mass is 266 g/mol. The Labute approximate surface area is 95.3 Å². The molecule has 0 heterocycles. The molecule has 0 N–H and O–H groups in total. The zero-order valence-corrected chi connectivity index (χ0v) is 9.90. The molecule has 15 heavy (non-hydrogen) atoms. The minimum atomic E-state index is -0.0877. The predicted octanol–water partition coefficient (Wildman–Crippen LogP) is 2.36. The molecule has 2 aromatic carbocycles. The Bertz CT molecular complexity index is 426. The second-order valence-electron chi connectivity index (χ2n) is 3.19. The Morgan fingerprint density at radius 1 is 0.867 bits per heavy atom. The molecule has 0 amide bonds. The van der Waals surface area contributed by atoms with Crippen LogP contribution in [0.3, 0.4) is 0 Å². The molecule has 76 valence electrons. The van der Waals surface area contributed by atoms with Gasteiger partial charge in [0.2, 0.25) is 0 Å². The van der Waals surface area contributed by atoms with E-state index < -0.39 is 0 Å². The van der Waals surface area contributed by atoms with Gasteiger partial charge in [0.1, 0.15) is 0 Å². The zero-order chi connectivity index (χ0) is 10.5. The first-order valence-corrected chi connectivity index (χ1v) is 6.84. The van der Waals surface area contributed by atoms with Gasteiger partial charge in [0.25, 0.3) is 0 Å². The number of benzene rings is 2. The minimum absolute atomic E-state index is 0.0877. The van der Waals surface area contributed by atoms with E-state index in [1.807, 2.05) is 30.3 Å². The van der Waals surface area contributed by atoms with Crippen LogP contribution in [0, 0.1) is 5.82 Å². The average molecular weight is 265 g/mol. The molecule has 0 saturated carbocycles. The molecule has 0 atom stereocenters. The van der Waals surface area contributed by atoms with E-state index in [4.69, 9.17) is 0 Å². The molecule has 2 aromatic rings. The Kier molecular flexibility index (Phi) is 3.54. The van der Waals surface area contributed by atoms with Gasteiger partial charge in [-0.15, -0.1) is 0 Å². The van der Waals surface area contributed by atoms with E-state index in [-0.39, 0.29) is 5.82 Å². The van der Waals surface area contributed by atoms with Gasteiger partial charge in [0, 0.05) is 0 Å². The summed E-state index contributed by atoms with van der Waals surface area (Å²) < 4.78 is 14.6. The quantitative estimate of drug-likeness (QED) is 0.747. The molecule has 2 heteroatoms. The molecule has 0 aliphatic rings. The fourth-order valence-corrected chi connectivity index (χ4v) is 3.19. The summed E-state index contributed by atoms with van der Waals surface area (Å²) in [5, 5.41) is 0.823. The molecule has 0 aliphatic heterocycles. The van der Waals surface area contributed by atoms with Gasteiger partial charge in [-0.1, -0.05) is 0 Å². The Morgan fingerprint density at radius 3 is 2.27 bits per heavy atom. The third-order valence-corrected chi connectivity index (χ3v) is 4.32. The van der Waals surface area contributed by atoms with Crippen LogP contribution in [0.15, 0.2) is 54.6 Å². The molecule has 0 nitrogen and oxygen atoms in total. The third-order valence-electron chi connectivity index (χ3n) is 2.10. The fourth-order valence-electron chi connectivity index (χ4n) is 1.29. The van der Waals surface area contributed by atoms with E-state index in [9.17, 15) is 4.39 Å². The molecular weight excluding hydrogens is 254 g/mol. The summed E-state index contributed by atoms with van der Waals surface area (Å²) in [5.41, 5.74) is 0.821. The fraction of sp³-hybridized carbons (Fsp3) is 0.0769. The summed E-state index contributed by atoms with van der Waals surface area (Å²) in [6, 6.07) is 17.3. The van der Waals surface area contributed by atoms with Crippen LogP contribution in [0.5, 0.6) is 0 Å². The molecule has 0 saturated heterocycles. The van der Waals surface area contributed by atoms with Gasteiger partial charge in [-0.3, -0.25) is 0 Å². The second kappa shape index (κ2) is 5.11. The van der Waals surface area contributed by atoms with E-state index in [0.29, 0.717) is 15.0 Å². The van der Waals surface area contributed by atoms with E-state index in [2.05, 4.69) is 12.1 Å². The Morgan fingerprint density at radius 2 is 1.53 bits per heavy atom. The SMILES string of the molecule is Fc1ccccc1C[Se]c1ccccc1. The van der Waals surface area contributed by atoms with Crippen molar-refractivity contribution in [2.24, 2.45) is 0 Å². The standard InChI is InChI=1S/C13H11FSe/c14-13-9-5-4-6-11(13)10-15-12-7-2-1-3-8-12/h1-9H,10H2. The van der Waals surface area contributed by atoms with Crippen LogP contribution in [0.1, 0.15) is 5.56 Å². The number of hydrogen-bond acceptors (Lipinski definition) is 0. The first-order valence-electron chi connectivity index (χ1n) is 4.77. The molecule has 0 unspecified atom stereocenters. The van der Waals surface area contributed by atoms with Crippen LogP contribution in [0.4, 0.5) is 4.39 Å². The first-order chi connectivity index (χ1) is 7.36. The van der Waals surface area contributed by atoms with Crippen molar-refractivity contribution in [3.8, 4) is 0 Å². The van der Waals surface area contributed by atoms with Crippen LogP contribution in [0.25, 0.3) is 0 Å². The van der Waals surface area contributed by atoms with Crippen molar-refractivity contribution in [3.63, 3.8) is 0 Å². The summed E-state index contributed by atoms with van der Waals surface area (Å²) in [6.45, 7) is 0. The normalized spacial score (nSPS) is 10.2. The third kappa shape index (κ3) is 2.92. The van der Waals surface area contributed by atoms with Crippen molar-refractivity contribution >= 4 is 19.4 Å². The second-order valence-corrected chi connectivity index (χ2v) is 5.39. The van der Waals surface area contributed by atoms with Crippen molar-refractivity contribution < 1.29 is 4.39 Å². The van der Waals surface area contributed by atoms with E-state index in [1.165, 1.54) is 10.5 Å². The summed E-state index contributed by atoms with van der Waals surface area (Å²) in [5.74, 6) is -0.0877. The summed E-state index contributed by atoms with van der Waals surface area (Å²) >= 11 is 0.323. The van der Waals surface area contributed by atoms with Crippen molar-refractivity contribution in [2.75, 3.05) is 0 Å². The maximum absolute atomic E-state index is 13.3. The zero-order valence-electron chi connectivity index (χ0n) is 8.19. The first kappa shape index (κ1) is 10.4. The van der Waals surface area contributed by atoms with Gasteiger partial charge in [-0.25, -0.2) is 0 Å². The van der Waals surface area contributed by atoms with Crippen molar-refractivity contribution in [1.29, 1.82) is 0 Å². The number of halogens is 1. The number of rotatable bonds is 3. The predicted molar refractivity (Wildman–Crippen MR) is 61.9 cm³/mol. The van der Waals surface area contributed by atoms with Gasteiger partial charge in [0.15, 0.2) is 0 Å². The average Bonchev–Trinajstić information content (AvgIpc) is 2.29. The van der Waals surface area contributed by atoms with Crippen LogP contribution in [-0.2, 0) is 5.32 Å². The topological polar surface area (TPSA) is 0 Å². The molecule has 0 radical (unpaired) electrons. The van der Waals surface area contributed by atoms with Crippen LogP contribution in [0.2, 0.25) is 0 Å². The summed E-state index contributed by atoms with van der Waals surface area (Å²) in [4.78, 5) is 0. The van der Waals surface area contributed by atoms with Gasteiger partial charge >= 0.3 is 95.1 Å². The number of hydrogen-bond donors (Lipinski definition) is 0. The van der Waals surface area contributed by atoms with Gasteiger partial charge in [0.05, 0.1) is 0 Å². The van der Waals surface area contributed by atoms with Gasteiger partial charge < -0.3 is 0 Å². The van der Waals surface area contributed by atoms with Crippen molar-refractivity contribution in [3.05, 3.63) is 66.0 Å². The van der Waals surface area contributed by atoms with Crippen LogP contribution >= 0.6 is 0 Å². The van der Waals surface area contributed by atoms with E-state index in [0.717, 1.165) is 10.9 Å². The Hall–Kier alpha value is -1.11. The molecule has 0 fully saturated rings. The van der Waals surface area contributed by atoms with Gasteiger partial charge in [-0.2, -0.15) is 0 Å². The van der Waals surface area contributed by atoms with Crippen molar-refractivity contribution in [1.82, 2.24) is 0 Å². The van der Waals surface area contributed by atoms with Crippen molar-refractivity contribution in [2.45, 2.75) is 5.32 Å². The Balaban J connectivity index is 2.03. The van der Waals surface area contributed by atoms with Gasteiger partial charge in [-0.05, 0) is 0 Å². The van der Waals surface area contributed by atoms with E-state index >= 15 is 0 Å². The summed E-state index contributed by atoms with van der Waals surface area (Å²) in [7, 11) is 0. The molecular formula is C13H11FSe. The van der Waals surface area contributed by atoms with E-state index in [1.54, 1.807) is 6.07 Å². The van der Waals surface area contributed by atoms with Crippen LogP contribution < -0.4 is 4.46 Å². The molecule has 2 rings (SSSR count). The molecule has 0 aromatic heterocycles. The van der Waals surface area contributed by atoms with Crippen LogP contribution in [-0.4, -0.2) is 15.0 Å². The molecule has 0 bridgehead atoms. The molecule has 0 aliphatic carbocycles. The molecule has 0 spiro atoms. The summed E-state index contributed by atoms with van der Waals surface area (Å²) in [6.07, 6.45) is 0.